The number of ether oxygens (including phenoxy) is 4. The highest BCUT2D eigenvalue weighted by Crippen LogP contribution is 2.38. The second kappa shape index (κ2) is 9.49. The molecule has 160 valence electrons. The van der Waals surface area contributed by atoms with Gasteiger partial charge in [-0.15, -0.1) is 0 Å². The van der Waals surface area contributed by atoms with E-state index in [4.69, 9.17) is 23.9 Å². The van der Waals surface area contributed by atoms with Gasteiger partial charge in [-0.05, 0) is 31.2 Å². The molecular weight excluding hydrogens is 386 g/mol. The van der Waals surface area contributed by atoms with Gasteiger partial charge in [-0.25, -0.2) is 4.98 Å². The molecule has 8 nitrogen and oxygen atoms in total. The van der Waals surface area contributed by atoms with E-state index in [1.54, 1.807) is 19.2 Å². The van der Waals surface area contributed by atoms with Crippen molar-refractivity contribution in [2.45, 2.75) is 19.5 Å². The van der Waals surface area contributed by atoms with Crippen LogP contribution < -0.4 is 19.5 Å². The molecule has 2 aromatic carbocycles. The number of methoxy groups -OCH3 is 4. The Kier molecular flexibility index (Phi) is 6.79. The first kappa shape index (κ1) is 21.4. The molecule has 3 aromatic rings. The summed E-state index contributed by atoms with van der Waals surface area (Å²) in [5.41, 5.74) is 2.27. The molecule has 1 amide bonds. The van der Waals surface area contributed by atoms with Crippen molar-refractivity contribution in [1.82, 2.24) is 14.9 Å². The number of amides is 1. The fourth-order valence-corrected chi connectivity index (χ4v) is 3.40. The molecule has 0 aliphatic rings. The number of hydrogen-bond acceptors (Lipinski definition) is 6. The summed E-state index contributed by atoms with van der Waals surface area (Å²) in [6.45, 7) is 3.08. The lowest BCUT2D eigenvalue weighted by Crippen LogP contribution is -2.29. The molecule has 1 N–H and O–H groups in total. The van der Waals surface area contributed by atoms with Crippen LogP contribution in [0.15, 0.2) is 36.4 Å². The minimum Gasteiger partial charge on any atom is -0.493 e. The van der Waals surface area contributed by atoms with Crippen molar-refractivity contribution in [3.05, 3.63) is 47.8 Å². The molecular formula is C22H27N3O5. The fraction of sp³-hybridized carbons (Fsp3) is 0.364. The molecule has 0 aliphatic carbocycles. The number of hydrogen-bond donors (Lipinski definition) is 1. The highest BCUT2D eigenvalue weighted by Gasteiger charge is 2.21. The van der Waals surface area contributed by atoms with Gasteiger partial charge in [0, 0.05) is 19.2 Å². The number of carbonyl (C=O) groups excluding carboxylic acids is 1. The van der Waals surface area contributed by atoms with Crippen molar-refractivity contribution in [3.8, 4) is 17.2 Å². The van der Waals surface area contributed by atoms with Crippen LogP contribution in [0.3, 0.4) is 0 Å². The summed E-state index contributed by atoms with van der Waals surface area (Å²) in [6, 6.07) is 10.8. The van der Waals surface area contributed by atoms with Crippen LogP contribution in [0.25, 0.3) is 11.0 Å². The van der Waals surface area contributed by atoms with Gasteiger partial charge in [-0.3, -0.25) is 4.79 Å². The lowest BCUT2D eigenvalue weighted by molar-refractivity contribution is 0.0936. The van der Waals surface area contributed by atoms with E-state index in [1.165, 1.54) is 21.3 Å². The van der Waals surface area contributed by atoms with Crippen molar-refractivity contribution in [3.63, 3.8) is 0 Å². The van der Waals surface area contributed by atoms with Crippen molar-refractivity contribution in [1.29, 1.82) is 0 Å². The Morgan fingerprint density at radius 1 is 1.07 bits per heavy atom. The van der Waals surface area contributed by atoms with Crippen molar-refractivity contribution >= 4 is 16.9 Å². The van der Waals surface area contributed by atoms with Gasteiger partial charge in [0.2, 0.25) is 5.75 Å². The molecule has 1 aromatic heterocycles. The highest BCUT2D eigenvalue weighted by molar-refractivity contribution is 5.96. The molecule has 0 saturated carbocycles. The topological polar surface area (TPSA) is 83.8 Å². The van der Waals surface area contributed by atoms with E-state index < -0.39 is 0 Å². The number of para-hydroxylation sites is 2. The lowest BCUT2D eigenvalue weighted by Gasteiger charge is -2.18. The SMILES string of the molecule is COCCn1c(C(C)NC(=O)c2cc(OC)c(OC)c(OC)c2)nc2ccccc21. The lowest BCUT2D eigenvalue weighted by atomic mass is 10.1. The van der Waals surface area contributed by atoms with Gasteiger partial charge >= 0.3 is 0 Å². The van der Waals surface area contributed by atoms with E-state index in [-0.39, 0.29) is 11.9 Å². The summed E-state index contributed by atoms with van der Waals surface area (Å²) < 4.78 is 23.3. The first-order valence-electron chi connectivity index (χ1n) is 9.59. The first-order chi connectivity index (χ1) is 14.5. The standard InChI is InChI=1S/C22H27N3O5/c1-14(21-24-16-8-6-7-9-17(16)25(21)10-11-27-2)23-22(26)15-12-18(28-3)20(30-5)19(13-15)29-4/h6-9,12-14H,10-11H2,1-5H3,(H,23,26). The third-order valence-electron chi connectivity index (χ3n) is 4.86. The van der Waals surface area contributed by atoms with Gasteiger partial charge in [0.05, 0.1) is 45.0 Å². The Balaban J connectivity index is 1.91. The number of nitrogens with one attached hydrogen (secondary N) is 1. The van der Waals surface area contributed by atoms with Gasteiger partial charge in [0.15, 0.2) is 11.5 Å². The summed E-state index contributed by atoms with van der Waals surface area (Å²) in [6.07, 6.45) is 0. The van der Waals surface area contributed by atoms with Crippen LogP contribution in [0.2, 0.25) is 0 Å². The van der Waals surface area contributed by atoms with Gasteiger partial charge < -0.3 is 28.8 Å². The van der Waals surface area contributed by atoms with Crippen LogP contribution in [0.4, 0.5) is 0 Å². The second-order valence-electron chi connectivity index (χ2n) is 6.71. The number of rotatable bonds is 9. The third kappa shape index (κ3) is 4.18. The molecule has 1 heterocycles. The van der Waals surface area contributed by atoms with E-state index in [0.717, 1.165) is 16.9 Å². The van der Waals surface area contributed by atoms with E-state index in [2.05, 4.69) is 9.88 Å². The number of imidazole rings is 1. The Bertz CT molecular complexity index is 1010. The number of nitrogens with zero attached hydrogens (tertiary/aromatic N) is 2. The van der Waals surface area contributed by atoms with Gasteiger partial charge in [-0.1, -0.05) is 12.1 Å². The Morgan fingerprint density at radius 3 is 2.33 bits per heavy atom. The number of benzene rings is 2. The smallest absolute Gasteiger partial charge is 0.252 e. The summed E-state index contributed by atoms with van der Waals surface area (Å²) in [5.74, 6) is 1.76. The zero-order valence-electron chi connectivity index (χ0n) is 17.9. The summed E-state index contributed by atoms with van der Waals surface area (Å²) >= 11 is 0. The van der Waals surface area contributed by atoms with Crippen LogP contribution in [0.1, 0.15) is 29.1 Å². The number of fused-ring (bicyclic) bond motifs is 1. The molecule has 0 radical (unpaired) electrons. The predicted octanol–water partition coefficient (Wildman–Crippen LogP) is 3.20. The van der Waals surface area contributed by atoms with Gasteiger partial charge in [0.25, 0.3) is 5.91 Å². The van der Waals surface area contributed by atoms with Crippen molar-refractivity contribution < 1.29 is 23.7 Å². The first-order valence-corrected chi connectivity index (χ1v) is 9.59. The van der Waals surface area contributed by atoms with Crippen LogP contribution in [-0.2, 0) is 11.3 Å². The zero-order chi connectivity index (χ0) is 21.7. The van der Waals surface area contributed by atoms with E-state index in [0.29, 0.717) is 36.0 Å². The molecule has 1 atom stereocenters. The highest BCUT2D eigenvalue weighted by atomic mass is 16.5. The molecule has 30 heavy (non-hydrogen) atoms. The number of aromatic nitrogens is 2. The Labute approximate surface area is 175 Å². The van der Waals surface area contributed by atoms with Crippen molar-refractivity contribution in [2.75, 3.05) is 35.0 Å². The minimum atomic E-state index is -0.333. The van der Waals surface area contributed by atoms with Crippen LogP contribution in [0, 0.1) is 0 Å². The normalized spacial score (nSPS) is 11.9. The molecule has 0 bridgehead atoms. The fourth-order valence-electron chi connectivity index (χ4n) is 3.40. The predicted molar refractivity (Wildman–Crippen MR) is 114 cm³/mol. The molecule has 1 unspecified atom stereocenters. The van der Waals surface area contributed by atoms with Crippen LogP contribution in [-0.4, -0.2) is 50.5 Å². The van der Waals surface area contributed by atoms with E-state index in [1.807, 2.05) is 31.2 Å². The van der Waals surface area contributed by atoms with Crippen LogP contribution in [0.5, 0.6) is 17.2 Å². The third-order valence-corrected chi connectivity index (χ3v) is 4.86. The second-order valence-corrected chi connectivity index (χ2v) is 6.71. The zero-order valence-corrected chi connectivity index (χ0v) is 17.9. The molecule has 0 aliphatic heterocycles. The summed E-state index contributed by atoms with van der Waals surface area (Å²) in [5, 5.41) is 3.02. The molecule has 8 heteroatoms. The van der Waals surface area contributed by atoms with E-state index in [9.17, 15) is 4.79 Å². The summed E-state index contributed by atoms with van der Waals surface area (Å²) in [4.78, 5) is 17.7. The average molecular weight is 413 g/mol. The van der Waals surface area contributed by atoms with E-state index >= 15 is 0 Å². The minimum absolute atomic E-state index is 0.271. The maximum absolute atomic E-state index is 13.0. The van der Waals surface area contributed by atoms with Crippen molar-refractivity contribution in [2.24, 2.45) is 0 Å². The maximum Gasteiger partial charge on any atom is 0.252 e. The molecule has 0 saturated heterocycles. The van der Waals surface area contributed by atoms with Gasteiger partial charge in [0.1, 0.15) is 5.82 Å². The number of carbonyl (C=O) groups is 1. The Hall–Kier alpha value is -3.26. The van der Waals surface area contributed by atoms with Gasteiger partial charge in [-0.2, -0.15) is 0 Å². The summed E-state index contributed by atoms with van der Waals surface area (Å²) in [7, 11) is 6.21. The molecule has 0 spiro atoms. The van der Waals surface area contributed by atoms with Crippen LogP contribution >= 0.6 is 0 Å². The largest absolute Gasteiger partial charge is 0.493 e. The molecule has 3 rings (SSSR count). The Morgan fingerprint density at radius 2 is 1.73 bits per heavy atom. The quantitative estimate of drug-likeness (QED) is 0.580. The maximum atomic E-state index is 13.0. The molecule has 0 fully saturated rings. The average Bonchev–Trinajstić information content (AvgIpc) is 3.15. The monoisotopic (exact) mass is 413 g/mol.